The van der Waals surface area contributed by atoms with Gasteiger partial charge in [-0.15, -0.1) is 17.4 Å². The van der Waals surface area contributed by atoms with E-state index in [0.29, 0.717) is 6.42 Å². The average Bonchev–Trinajstić information content (AvgIpc) is 2.65. The molecular weight excluding hydrogens is 182 g/mol. The number of nitrogens with one attached hydrogen (secondary N) is 1. The molecule has 1 rings (SSSR count). The van der Waals surface area contributed by atoms with Crippen LogP contribution in [0.3, 0.4) is 0 Å². The summed E-state index contributed by atoms with van der Waals surface area (Å²) in [6, 6.07) is 0.170. The molecule has 0 amide bonds. The highest BCUT2D eigenvalue weighted by molar-refractivity contribution is 7.03. The van der Waals surface area contributed by atoms with Crippen molar-refractivity contribution in [2.75, 3.05) is 6.54 Å². The molecule has 0 aromatic carbocycles. The molecule has 0 fully saturated rings. The maximum absolute atomic E-state index is 5.27. The van der Waals surface area contributed by atoms with Crippen LogP contribution in [-0.2, 0) is 0 Å². The zero-order valence-corrected chi connectivity index (χ0v) is 8.47. The number of terminal acetylenes is 1. The molecule has 0 spiro atoms. The summed E-state index contributed by atoms with van der Waals surface area (Å²) < 4.78 is 3.82. The van der Waals surface area contributed by atoms with Crippen LogP contribution in [0.4, 0.5) is 0 Å². The molecule has 4 heteroatoms. The van der Waals surface area contributed by atoms with Gasteiger partial charge >= 0.3 is 0 Å². The van der Waals surface area contributed by atoms with Crippen LogP contribution < -0.4 is 5.32 Å². The summed E-state index contributed by atoms with van der Waals surface area (Å²) in [6.07, 6.45) is 7.04. The predicted molar refractivity (Wildman–Crippen MR) is 54.4 cm³/mol. The monoisotopic (exact) mass is 195 g/mol. The number of rotatable bonds is 5. The quantitative estimate of drug-likeness (QED) is 0.725. The molecule has 0 aliphatic carbocycles. The van der Waals surface area contributed by atoms with Gasteiger partial charge in [0.05, 0.1) is 11.7 Å². The summed E-state index contributed by atoms with van der Waals surface area (Å²) in [5, 5.41) is 9.27. The highest BCUT2D eigenvalue weighted by Gasteiger charge is 2.11. The van der Waals surface area contributed by atoms with E-state index in [0.717, 1.165) is 18.7 Å². The van der Waals surface area contributed by atoms with Crippen molar-refractivity contribution in [2.24, 2.45) is 0 Å². The van der Waals surface area contributed by atoms with E-state index in [-0.39, 0.29) is 6.04 Å². The van der Waals surface area contributed by atoms with Gasteiger partial charge in [-0.25, -0.2) is 0 Å². The Morgan fingerprint density at radius 3 is 3.15 bits per heavy atom. The summed E-state index contributed by atoms with van der Waals surface area (Å²) in [5.41, 5.74) is 0.955. The smallest absolute Gasteiger partial charge is 0.0934 e. The van der Waals surface area contributed by atoms with Crippen LogP contribution in [-0.4, -0.2) is 16.1 Å². The molecule has 0 aliphatic heterocycles. The van der Waals surface area contributed by atoms with Gasteiger partial charge in [0.2, 0.25) is 0 Å². The molecule has 1 heterocycles. The second kappa shape index (κ2) is 5.68. The fourth-order valence-corrected chi connectivity index (χ4v) is 1.55. The Balaban J connectivity index is 2.53. The molecule has 0 radical (unpaired) electrons. The number of aromatic nitrogens is 2. The minimum Gasteiger partial charge on any atom is -0.308 e. The van der Waals surface area contributed by atoms with E-state index in [1.165, 1.54) is 11.5 Å². The Morgan fingerprint density at radius 1 is 1.77 bits per heavy atom. The number of hydrogen-bond acceptors (Lipinski definition) is 4. The third-order valence-corrected chi connectivity index (χ3v) is 2.22. The fourth-order valence-electron chi connectivity index (χ4n) is 1.04. The van der Waals surface area contributed by atoms with Crippen molar-refractivity contribution in [1.82, 2.24) is 14.9 Å². The lowest BCUT2D eigenvalue weighted by Gasteiger charge is -2.12. The molecule has 0 aliphatic rings. The molecule has 3 nitrogen and oxygen atoms in total. The molecule has 0 saturated heterocycles. The summed E-state index contributed by atoms with van der Waals surface area (Å²) in [5.74, 6) is 2.64. The predicted octanol–water partition coefficient (Wildman–Crippen LogP) is 1.60. The van der Waals surface area contributed by atoms with Crippen molar-refractivity contribution in [2.45, 2.75) is 25.8 Å². The zero-order chi connectivity index (χ0) is 9.52. The van der Waals surface area contributed by atoms with Gasteiger partial charge in [-0.2, -0.15) is 0 Å². The normalized spacial score (nSPS) is 12.3. The Morgan fingerprint density at radius 2 is 2.62 bits per heavy atom. The minimum absolute atomic E-state index is 0.170. The first-order valence-corrected chi connectivity index (χ1v) is 5.16. The Hall–Kier alpha value is -0.920. The maximum Gasteiger partial charge on any atom is 0.0934 e. The van der Waals surface area contributed by atoms with Gasteiger partial charge in [0.1, 0.15) is 0 Å². The Kier molecular flexibility index (Phi) is 4.44. The molecular formula is C9H13N3S. The first-order valence-electron chi connectivity index (χ1n) is 4.32. The molecule has 70 valence electrons. The van der Waals surface area contributed by atoms with Gasteiger partial charge in [-0.05, 0) is 24.5 Å². The molecule has 1 atom stereocenters. The van der Waals surface area contributed by atoms with Crippen molar-refractivity contribution in [3.8, 4) is 12.3 Å². The molecule has 1 N–H and O–H groups in total. The van der Waals surface area contributed by atoms with Gasteiger partial charge < -0.3 is 5.32 Å². The number of hydrogen-bond donors (Lipinski definition) is 1. The van der Waals surface area contributed by atoms with E-state index in [1.807, 2.05) is 5.38 Å². The topological polar surface area (TPSA) is 37.8 Å². The third kappa shape index (κ3) is 3.13. The first-order chi connectivity index (χ1) is 6.38. The lowest BCUT2D eigenvalue weighted by Crippen LogP contribution is -2.22. The largest absolute Gasteiger partial charge is 0.308 e. The van der Waals surface area contributed by atoms with E-state index >= 15 is 0 Å². The van der Waals surface area contributed by atoms with Crippen molar-refractivity contribution >= 4 is 11.5 Å². The van der Waals surface area contributed by atoms with Gasteiger partial charge in [0, 0.05) is 11.8 Å². The SMILES string of the molecule is C#CCC(NCCC)c1csnn1. The molecule has 13 heavy (non-hydrogen) atoms. The van der Waals surface area contributed by atoms with Gasteiger partial charge in [0.25, 0.3) is 0 Å². The molecule has 0 bridgehead atoms. The summed E-state index contributed by atoms with van der Waals surface area (Å²) in [7, 11) is 0. The van der Waals surface area contributed by atoms with Crippen LogP contribution in [0, 0.1) is 12.3 Å². The second-order valence-corrected chi connectivity index (χ2v) is 3.35. The number of nitrogens with zero attached hydrogens (tertiary/aromatic N) is 2. The van der Waals surface area contributed by atoms with E-state index in [2.05, 4.69) is 27.7 Å². The van der Waals surface area contributed by atoms with E-state index in [4.69, 9.17) is 6.42 Å². The van der Waals surface area contributed by atoms with Crippen molar-refractivity contribution in [1.29, 1.82) is 0 Å². The van der Waals surface area contributed by atoms with Gasteiger partial charge in [-0.3, -0.25) is 0 Å². The van der Waals surface area contributed by atoms with E-state index in [1.54, 1.807) is 0 Å². The molecule has 0 saturated carbocycles. The lowest BCUT2D eigenvalue weighted by atomic mass is 10.1. The van der Waals surface area contributed by atoms with Crippen LogP contribution in [0.5, 0.6) is 0 Å². The van der Waals surface area contributed by atoms with Crippen molar-refractivity contribution < 1.29 is 0 Å². The zero-order valence-electron chi connectivity index (χ0n) is 7.66. The molecule has 1 unspecified atom stereocenters. The second-order valence-electron chi connectivity index (χ2n) is 2.74. The third-order valence-electron chi connectivity index (χ3n) is 1.70. The standard InChI is InChI=1S/C9H13N3S/c1-3-5-8(10-6-4-2)9-7-13-12-11-9/h1,7-8,10H,4-6H2,2H3. The summed E-state index contributed by atoms with van der Waals surface area (Å²) in [6.45, 7) is 3.09. The van der Waals surface area contributed by atoms with Gasteiger partial charge in [0.15, 0.2) is 0 Å². The summed E-state index contributed by atoms with van der Waals surface area (Å²) >= 11 is 1.36. The lowest BCUT2D eigenvalue weighted by molar-refractivity contribution is 0.530. The minimum atomic E-state index is 0.170. The fraction of sp³-hybridized carbons (Fsp3) is 0.556. The molecule has 1 aromatic heterocycles. The van der Waals surface area contributed by atoms with E-state index in [9.17, 15) is 0 Å². The Labute approximate surface area is 82.7 Å². The van der Waals surface area contributed by atoms with Crippen LogP contribution in [0.15, 0.2) is 5.38 Å². The van der Waals surface area contributed by atoms with Crippen molar-refractivity contribution in [3.63, 3.8) is 0 Å². The van der Waals surface area contributed by atoms with Crippen LogP contribution >= 0.6 is 11.5 Å². The van der Waals surface area contributed by atoms with Crippen LogP contribution in [0.25, 0.3) is 0 Å². The Bertz CT molecular complexity index is 263. The highest BCUT2D eigenvalue weighted by Crippen LogP contribution is 2.14. The van der Waals surface area contributed by atoms with Gasteiger partial charge in [-0.1, -0.05) is 11.4 Å². The highest BCUT2D eigenvalue weighted by atomic mass is 32.1. The average molecular weight is 195 g/mol. The van der Waals surface area contributed by atoms with Crippen LogP contribution in [0.2, 0.25) is 0 Å². The van der Waals surface area contributed by atoms with E-state index < -0.39 is 0 Å². The molecule has 1 aromatic rings. The van der Waals surface area contributed by atoms with Crippen LogP contribution in [0.1, 0.15) is 31.5 Å². The first kappa shape index (κ1) is 10.2. The summed E-state index contributed by atoms with van der Waals surface area (Å²) in [4.78, 5) is 0. The van der Waals surface area contributed by atoms with Crippen molar-refractivity contribution in [3.05, 3.63) is 11.1 Å². The maximum atomic E-state index is 5.27.